The molecule has 1 rings (SSSR count). The van der Waals surface area contributed by atoms with E-state index in [2.05, 4.69) is 4.98 Å². The summed E-state index contributed by atoms with van der Waals surface area (Å²) in [4.78, 5) is 3.79. The van der Waals surface area contributed by atoms with Gasteiger partial charge in [0.25, 0.3) is 0 Å². The molecule has 0 spiro atoms. The first-order valence-corrected chi connectivity index (χ1v) is 4.61. The van der Waals surface area contributed by atoms with Crippen molar-refractivity contribution in [3.8, 4) is 12.1 Å². The van der Waals surface area contributed by atoms with Gasteiger partial charge in [0, 0.05) is 0 Å². The minimum atomic E-state index is -0.890. The molecule has 1 atom stereocenters. The molecule has 0 bridgehead atoms. The summed E-state index contributed by atoms with van der Waals surface area (Å²) >= 11 is 0. The van der Waals surface area contributed by atoms with Crippen LogP contribution in [-0.4, -0.2) is 20.3 Å². The highest BCUT2D eigenvalue weighted by atomic mass is 16.3. The lowest BCUT2D eigenvalue weighted by molar-refractivity contribution is 0.0377. The Morgan fingerprint density at radius 1 is 1.53 bits per heavy atom. The Hall–Kier alpha value is -1.85. The zero-order valence-electron chi connectivity index (χ0n) is 8.73. The van der Waals surface area contributed by atoms with Gasteiger partial charge in [0.05, 0.1) is 18.5 Å². The van der Waals surface area contributed by atoms with Crippen molar-refractivity contribution in [3.05, 3.63) is 17.7 Å². The van der Waals surface area contributed by atoms with Crippen LogP contribution >= 0.6 is 0 Å². The summed E-state index contributed by atoms with van der Waals surface area (Å²) in [5.74, 6) is 0. The lowest BCUT2D eigenvalue weighted by Gasteiger charge is -2.21. The van der Waals surface area contributed by atoms with Crippen LogP contribution in [0.1, 0.15) is 31.7 Å². The van der Waals surface area contributed by atoms with Gasteiger partial charge in [-0.25, -0.2) is 4.98 Å². The molecule has 1 heterocycles. The summed E-state index contributed by atoms with van der Waals surface area (Å²) in [7, 11) is 0. The number of nitriles is 2. The molecular weight excluding hydrogens is 192 g/mol. The quantitative estimate of drug-likeness (QED) is 0.788. The molecular formula is C10H12N4O. The smallest absolute Gasteiger partial charge is 0.176 e. The number of nitrogens with zero attached hydrogens (tertiary/aromatic N) is 4. The van der Waals surface area contributed by atoms with Gasteiger partial charge in [-0.3, -0.25) is 0 Å². The van der Waals surface area contributed by atoms with Crippen molar-refractivity contribution in [3.63, 3.8) is 0 Å². The van der Waals surface area contributed by atoms with Crippen molar-refractivity contribution < 1.29 is 5.11 Å². The summed E-state index contributed by atoms with van der Waals surface area (Å²) in [6.45, 7) is 3.80. The van der Waals surface area contributed by atoms with Gasteiger partial charge in [0.2, 0.25) is 0 Å². The fraction of sp³-hybridized carbons (Fsp3) is 0.500. The SMILES string of the molecule is CCC(C)(O)Cn1cnc(C#N)c1C#N. The third-order valence-corrected chi connectivity index (χ3v) is 2.32. The van der Waals surface area contributed by atoms with E-state index in [0.717, 1.165) is 0 Å². The highest BCUT2D eigenvalue weighted by Gasteiger charge is 2.21. The molecule has 1 aromatic rings. The van der Waals surface area contributed by atoms with Crippen molar-refractivity contribution in [1.82, 2.24) is 9.55 Å². The highest BCUT2D eigenvalue weighted by Crippen LogP contribution is 2.14. The van der Waals surface area contributed by atoms with E-state index in [1.165, 1.54) is 10.9 Å². The van der Waals surface area contributed by atoms with E-state index in [0.29, 0.717) is 6.42 Å². The normalized spacial score (nSPS) is 13.9. The molecule has 0 aliphatic heterocycles. The number of hydrogen-bond acceptors (Lipinski definition) is 4. The van der Waals surface area contributed by atoms with Crippen molar-refractivity contribution in [2.75, 3.05) is 0 Å². The van der Waals surface area contributed by atoms with Crippen LogP contribution in [0.5, 0.6) is 0 Å². The van der Waals surface area contributed by atoms with Crippen LogP contribution < -0.4 is 0 Å². The Labute approximate surface area is 88.2 Å². The molecule has 78 valence electrons. The number of hydrogen-bond donors (Lipinski definition) is 1. The zero-order valence-corrected chi connectivity index (χ0v) is 8.73. The highest BCUT2D eigenvalue weighted by molar-refractivity contribution is 5.36. The summed E-state index contributed by atoms with van der Waals surface area (Å²) in [5, 5.41) is 27.4. The first kappa shape index (κ1) is 11.2. The lowest BCUT2D eigenvalue weighted by Crippen LogP contribution is -2.29. The monoisotopic (exact) mass is 204 g/mol. The van der Waals surface area contributed by atoms with Gasteiger partial charge in [0.15, 0.2) is 11.4 Å². The van der Waals surface area contributed by atoms with Gasteiger partial charge in [-0.2, -0.15) is 10.5 Å². The van der Waals surface area contributed by atoms with Crippen molar-refractivity contribution in [2.24, 2.45) is 0 Å². The Kier molecular flexibility index (Phi) is 3.08. The third-order valence-electron chi connectivity index (χ3n) is 2.32. The standard InChI is InChI=1S/C10H12N4O/c1-3-10(2,15)6-14-7-13-8(4-11)9(14)5-12/h7,15H,3,6H2,1-2H3. The van der Waals surface area contributed by atoms with Crippen LogP contribution in [-0.2, 0) is 6.54 Å². The number of aromatic nitrogens is 2. The van der Waals surface area contributed by atoms with Gasteiger partial charge in [-0.1, -0.05) is 6.92 Å². The molecule has 1 aromatic heterocycles. The maximum atomic E-state index is 9.84. The van der Waals surface area contributed by atoms with E-state index in [4.69, 9.17) is 10.5 Å². The predicted molar refractivity (Wildman–Crippen MR) is 52.6 cm³/mol. The van der Waals surface area contributed by atoms with E-state index in [1.54, 1.807) is 6.92 Å². The molecule has 0 saturated heterocycles. The van der Waals surface area contributed by atoms with Crippen molar-refractivity contribution in [2.45, 2.75) is 32.4 Å². The Morgan fingerprint density at radius 3 is 2.67 bits per heavy atom. The average molecular weight is 204 g/mol. The molecule has 1 unspecified atom stereocenters. The van der Waals surface area contributed by atoms with E-state index in [9.17, 15) is 5.11 Å². The Bertz CT molecular complexity index is 433. The zero-order chi connectivity index (χ0) is 11.5. The van der Waals surface area contributed by atoms with E-state index < -0.39 is 5.60 Å². The first-order chi connectivity index (χ1) is 7.04. The van der Waals surface area contributed by atoms with Crippen LogP contribution in [0.4, 0.5) is 0 Å². The van der Waals surface area contributed by atoms with E-state index in [1.807, 2.05) is 19.1 Å². The predicted octanol–water partition coefficient (Wildman–Crippen LogP) is 0.787. The van der Waals surface area contributed by atoms with Gasteiger partial charge in [-0.15, -0.1) is 0 Å². The van der Waals surface area contributed by atoms with Crippen LogP contribution in [0.25, 0.3) is 0 Å². The van der Waals surface area contributed by atoms with Crippen molar-refractivity contribution >= 4 is 0 Å². The second kappa shape index (κ2) is 4.12. The minimum Gasteiger partial charge on any atom is -0.388 e. The number of imidazole rings is 1. The molecule has 0 radical (unpaired) electrons. The molecule has 0 fully saturated rings. The molecule has 5 heteroatoms. The van der Waals surface area contributed by atoms with E-state index >= 15 is 0 Å². The van der Waals surface area contributed by atoms with E-state index in [-0.39, 0.29) is 17.9 Å². The largest absolute Gasteiger partial charge is 0.388 e. The molecule has 1 N–H and O–H groups in total. The fourth-order valence-corrected chi connectivity index (χ4v) is 1.18. The maximum absolute atomic E-state index is 9.84. The van der Waals surface area contributed by atoms with Gasteiger partial charge in [0.1, 0.15) is 12.1 Å². The van der Waals surface area contributed by atoms with Crippen LogP contribution in [0.15, 0.2) is 6.33 Å². The molecule has 0 aliphatic rings. The molecule has 0 aliphatic carbocycles. The second-order valence-electron chi connectivity index (χ2n) is 3.64. The first-order valence-electron chi connectivity index (χ1n) is 4.61. The third kappa shape index (κ3) is 2.34. The van der Waals surface area contributed by atoms with Gasteiger partial charge in [-0.05, 0) is 13.3 Å². The topological polar surface area (TPSA) is 85.6 Å². The maximum Gasteiger partial charge on any atom is 0.176 e. The molecule has 0 aromatic carbocycles. The molecule has 5 nitrogen and oxygen atoms in total. The van der Waals surface area contributed by atoms with Gasteiger partial charge < -0.3 is 9.67 Å². The van der Waals surface area contributed by atoms with Crippen LogP contribution in [0, 0.1) is 22.7 Å². The Balaban J connectivity index is 3.03. The summed E-state index contributed by atoms with van der Waals surface area (Å²) in [5.41, 5.74) is -0.588. The summed E-state index contributed by atoms with van der Waals surface area (Å²) in [6, 6.07) is 3.74. The van der Waals surface area contributed by atoms with Crippen molar-refractivity contribution in [1.29, 1.82) is 10.5 Å². The lowest BCUT2D eigenvalue weighted by atomic mass is 10.0. The summed E-state index contributed by atoms with van der Waals surface area (Å²) < 4.78 is 1.50. The molecule has 15 heavy (non-hydrogen) atoms. The fourth-order valence-electron chi connectivity index (χ4n) is 1.18. The summed E-state index contributed by atoms with van der Waals surface area (Å²) in [6.07, 6.45) is 1.97. The second-order valence-corrected chi connectivity index (χ2v) is 3.64. The average Bonchev–Trinajstić information content (AvgIpc) is 2.59. The number of aliphatic hydroxyl groups is 1. The Morgan fingerprint density at radius 2 is 2.20 bits per heavy atom. The number of rotatable bonds is 3. The van der Waals surface area contributed by atoms with Gasteiger partial charge >= 0.3 is 0 Å². The minimum absolute atomic E-state index is 0.101. The van der Waals surface area contributed by atoms with Crippen LogP contribution in [0.2, 0.25) is 0 Å². The molecule has 0 amide bonds. The van der Waals surface area contributed by atoms with Crippen LogP contribution in [0.3, 0.4) is 0 Å². The molecule has 0 saturated carbocycles.